The fraction of sp³-hybridized carbons (Fsp3) is 0.889. The minimum atomic E-state index is -0.647. The molecule has 0 atom stereocenters. The molecule has 1 N–H and O–H groups in total. The van der Waals surface area contributed by atoms with Crippen molar-refractivity contribution in [2.45, 2.75) is 77.8 Å². The van der Waals surface area contributed by atoms with Crippen molar-refractivity contribution in [2.75, 3.05) is 13.1 Å². The Labute approximate surface area is 149 Å². The van der Waals surface area contributed by atoms with Crippen LogP contribution >= 0.6 is 0 Å². The number of tetrazole rings is 1. The van der Waals surface area contributed by atoms with E-state index >= 15 is 0 Å². The number of aliphatic carboxylic acids is 1. The Morgan fingerprint density at radius 1 is 1.20 bits per heavy atom. The summed E-state index contributed by atoms with van der Waals surface area (Å²) in [4.78, 5) is 15.0. The summed E-state index contributed by atoms with van der Waals surface area (Å²) in [5.41, 5.74) is 0.313. The number of hydrogen-bond donors (Lipinski definition) is 1. The zero-order valence-corrected chi connectivity index (χ0v) is 15.7. The van der Waals surface area contributed by atoms with Crippen LogP contribution in [0.5, 0.6) is 0 Å². The van der Waals surface area contributed by atoms with Crippen molar-refractivity contribution < 1.29 is 9.90 Å². The molecule has 3 rings (SSSR count). The summed E-state index contributed by atoms with van der Waals surface area (Å²) in [6, 6.07) is 0. The van der Waals surface area contributed by atoms with Crippen LogP contribution in [0.1, 0.15) is 71.5 Å². The molecule has 0 unspecified atom stereocenters. The summed E-state index contributed by atoms with van der Waals surface area (Å²) in [5, 5.41) is 21.9. The molecule has 7 heteroatoms. The number of rotatable bonds is 4. The van der Waals surface area contributed by atoms with Crippen molar-refractivity contribution in [3.8, 4) is 0 Å². The van der Waals surface area contributed by atoms with Gasteiger partial charge in [-0.3, -0.25) is 9.69 Å². The molecule has 7 nitrogen and oxygen atoms in total. The number of carboxylic acids is 1. The highest BCUT2D eigenvalue weighted by Crippen LogP contribution is 2.47. The van der Waals surface area contributed by atoms with Crippen molar-refractivity contribution in [1.29, 1.82) is 0 Å². The minimum absolute atomic E-state index is 0.133. The Balaban J connectivity index is 1.48. The third-order valence-electron chi connectivity index (χ3n) is 5.97. The van der Waals surface area contributed by atoms with Crippen LogP contribution in [-0.4, -0.2) is 49.3 Å². The monoisotopic (exact) mass is 349 g/mol. The van der Waals surface area contributed by atoms with Crippen LogP contribution in [0.4, 0.5) is 0 Å². The van der Waals surface area contributed by atoms with Crippen molar-refractivity contribution >= 4 is 5.97 Å². The topological polar surface area (TPSA) is 84.1 Å². The molecule has 1 saturated heterocycles. The molecule has 2 heterocycles. The zero-order chi connectivity index (χ0) is 18.1. The number of piperidine rings is 1. The maximum absolute atomic E-state index is 10.9. The Bertz CT molecular complexity index is 589. The first-order valence-electron chi connectivity index (χ1n) is 9.49. The van der Waals surface area contributed by atoms with Gasteiger partial charge in [0.15, 0.2) is 5.82 Å². The standard InChI is InChI=1S/C18H31N5O2/c1-17(2,3)23-20-15(19-21-23)13-22-10-8-18(9-11-22)6-4-14(5-7-18)12-16(24)25/h14H,4-13H2,1-3H3,(H,24,25). The average molecular weight is 349 g/mol. The number of nitrogens with zero attached hydrogens (tertiary/aromatic N) is 5. The molecule has 1 saturated carbocycles. The summed E-state index contributed by atoms with van der Waals surface area (Å²) < 4.78 is 0. The first-order chi connectivity index (χ1) is 11.8. The van der Waals surface area contributed by atoms with Gasteiger partial charge in [-0.1, -0.05) is 0 Å². The molecule has 0 amide bonds. The largest absolute Gasteiger partial charge is 0.481 e. The van der Waals surface area contributed by atoms with Crippen LogP contribution in [0.2, 0.25) is 0 Å². The maximum Gasteiger partial charge on any atom is 0.303 e. The van der Waals surface area contributed by atoms with E-state index in [9.17, 15) is 4.79 Å². The second kappa shape index (κ2) is 7.02. The van der Waals surface area contributed by atoms with Crippen molar-refractivity contribution in [3.05, 3.63) is 5.82 Å². The summed E-state index contributed by atoms with van der Waals surface area (Å²) >= 11 is 0. The molecule has 1 aromatic rings. The number of aromatic nitrogens is 4. The van der Waals surface area contributed by atoms with Gasteiger partial charge in [0.1, 0.15) is 0 Å². The maximum atomic E-state index is 10.9. The van der Waals surface area contributed by atoms with Crippen LogP contribution in [0.15, 0.2) is 0 Å². The number of carbonyl (C=O) groups is 1. The van der Waals surface area contributed by atoms with Gasteiger partial charge in [0.25, 0.3) is 0 Å². The van der Waals surface area contributed by atoms with Crippen LogP contribution in [0, 0.1) is 11.3 Å². The van der Waals surface area contributed by atoms with E-state index < -0.39 is 5.97 Å². The molecule has 140 valence electrons. The third kappa shape index (κ3) is 4.57. The second-order valence-electron chi connectivity index (χ2n) is 8.98. The summed E-state index contributed by atoms with van der Waals surface area (Å²) in [5.74, 6) is 0.542. The quantitative estimate of drug-likeness (QED) is 0.900. The van der Waals surface area contributed by atoms with Gasteiger partial charge < -0.3 is 5.11 Å². The molecule has 1 aliphatic heterocycles. The lowest BCUT2D eigenvalue weighted by atomic mass is 9.65. The van der Waals surface area contributed by atoms with Crippen LogP contribution in [0.25, 0.3) is 0 Å². The van der Waals surface area contributed by atoms with Gasteiger partial charge >= 0.3 is 5.97 Å². The predicted octanol–water partition coefficient (Wildman–Crippen LogP) is 2.68. The van der Waals surface area contributed by atoms with Gasteiger partial charge in [0.05, 0.1) is 12.1 Å². The number of likely N-dealkylation sites (tertiary alicyclic amines) is 1. The van der Waals surface area contributed by atoms with Gasteiger partial charge in [0, 0.05) is 6.42 Å². The van der Waals surface area contributed by atoms with Crippen molar-refractivity contribution in [2.24, 2.45) is 11.3 Å². The van der Waals surface area contributed by atoms with Crippen LogP contribution in [-0.2, 0) is 16.9 Å². The molecular weight excluding hydrogens is 318 g/mol. The minimum Gasteiger partial charge on any atom is -0.481 e. The first-order valence-corrected chi connectivity index (χ1v) is 9.49. The second-order valence-corrected chi connectivity index (χ2v) is 8.98. The van der Waals surface area contributed by atoms with Crippen LogP contribution < -0.4 is 0 Å². The first kappa shape index (κ1) is 18.3. The molecule has 0 radical (unpaired) electrons. The molecule has 2 fully saturated rings. The Morgan fingerprint density at radius 3 is 2.36 bits per heavy atom. The van der Waals surface area contributed by atoms with E-state index in [1.54, 1.807) is 4.80 Å². The van der Waals surface area contributed by atoms with E-state index in [0.29, 0.717) is 17.8 Å². The van der Waals surface area contributed by atoms with Gasteiger partial charge in [-0.25, -0.2) is 0 Å². The van der Waals surface area contributed by atoms with E-state index in [1.807, 2.05) is 0 Å². The third-order valence-corrected chi connectivity index (χ3v) is 5.97. The fourth-order valence-corrected chi connectivity index (χ4v) is 4.22. The Morgan fingerprint density at radius 2 is 1.84 bits per heavy atom. The number of hydrogen-bond acceptors (Lipinski definition) is 5. The highest BCUT2D eigenvalue weighted by molar-refractivity contribution is 5.67. The van der Waals surface area contributed by atoms with E-state index in [1.165, 1.54) is 25.7 Å². The molecular formula is C18H31N5O2. The molecule has 0 aromatic carbocycles. The van der Waals surface area contributed by atoms with E-state index in [-0.39, 0.29) is 5.54 Å². The fourth-order valence-electron chi connectivity index (χ4n) is 4.22. The molecule has 1 aromatic heterocycles. The highest BCUT2D eigenvalue weighted by atomic mass is 16.4. The SMILES string of the molecule is CC(C)(C)n1nnc(CN2CCC3(CCC(CC(=O)O)CC3)CC2)n1. The normalized spacial score (nSPS) is 22.4. The summed E-state index contributed by atoms with van der Waals surface area (Å²) in [6.45, 7) is 9.15. The molecule has 25 heavy (non-hydrogen) atoms. The van der Waals surface area contributed by atoms with Gasteiger partial charge in [-0.05, 0) is 88.9 Å². The van der Waals surface area contributed by atoms with Gasteiger partial charge in [0.2, 0.25) is 0 Å². The summed E-state index contributed by atoms with van der Waals surface area (Å²) in [6.07, 6.45) is 7.30. The summed E-state index contributed by atoms with van der Waals surface area (Å²) in [7, 11) is 0. The lowest BCUT2D eigenvalue weighted by molar-refractivity contribution is -0.138. The van der Waals surface area contributed by atoms with Gasteiger partial charge in [-0.2, -0.15) is 4.80 Å². The van der Waals surface area contributed by atoms with E-state index in [2.05, 4.69) is 41.1 Å². The lowest BCUT2D eigenvalue weighted by Crippen LogP contribution is -2.41. The molecule has 2 aliphatic rings. The van der Waals surface area contributed by atoms with Crippen molar-refractivity contribution in [1.82, 2.24) is 25.1 Å². The Kier molecular flexibility index (Phi) is 5.14. The number of carboxylic acid groups (broad SMARTS) is 1. The smallest absolute Gasteiger partial charge is 0.303 e. The van der Waals surface area contributed by atoms with Crippen molar-refractivity contribution in [3.63, 3.8) is 0 Å². The molecule has 0 bridgehead atoms. The Hall–Kier alpha value is -1.50. The van der Waals surface area contributed by atoms with Gasteiger partial charge in [-0.15, -0.1) is 10.2 Å². The lowest BCUT2D eigenvalue weighted by Gasteiger charge is -2.45. The average Bonchev–Trinajstić information content (AvgIpc) is 3.01. The van der Waals surface area contributed by atoms with Crippen LogP contribution in [0.3, 0.4) is 0 Å². The molecule has 1 spiro atoms. The molecule has 1 aliphatic carbocycles. The van der Waals surface area contributed by atoms with E-state index in [4.69, 9.17) is 5.11 Å². The van der Waals surface area contributed by atoms with E-state index in [0.717, 1.165) is 38.3 Å². The zero-order valence-electron chi connectivity index (χ0n) is 15.7. The predicted molar refractivity (Wildman–Crippen MR) is 94.0 cm³/mol. The highest BCUT2D eigenvalue weighted by Gasteiger charge is 2.38.